The molecular formula is C14H18FN3O3. The first-order valence-corrected chi connectivity index (χ1v) is 6.94. The molecule has 1 saturated heterocycles. The molecule has 1 atom stereocenters. The summed E-state index contributed by atoms with van der Waals surface area (Å²) < 4.78 is 13.5. The summed E-state index contributed by atoms with van der Waals surface area (Å²) in [4.78, 5) is 23.7. The van der Waals surface area contributed by atoms with Gasteiger partial charge in [-0.05, 0) is 31.4 Å². The predicted octanol–water partition coefficient (Wildman–Crippen LogP) is 1.83. The van der Waals surface area contributed by atoms with Crippen molar-refractivity contribution in [1.29, 1.82) is 0 Å². The Kier molecular flexibility index (Phi) is 4.85. The third kappa shape index (κ3) is 3.75. The molecule has 1 heterocycles. The largest absolute Gasteiger partial charge is 0.341 e. The topological polar surface area (TPSA) is 75.5 Å². The van der Waals surface area contributed by atoms with Crippen LogP contribution >= 0.6 is 0 Å². The number of amides is 1. The Morgan fingerprint density at radius 3 is 2.71 bits per heavy atom. The lowest BCUT2D eigenvalue weighted by atomic mass is 10.2. The Hall–Kier alpha value is -2.02. The second-order valence-corrected chi connectivity index (χ2v) is 5.18. The summed E-state index contributed by atoms with van der Waals surface area (Å²) in [6.45, 7) is 3.63. The quantitative estimate of drug-likeness (QED) is 0.664. The van der Waals surface area contributed by atoms with E-state index in [1.165, 1.54) is 6.07 Å². The fourth-order valence-corrected chi connectivity index (χ4v) is 2.38. The van der Waals surface area contributed by atoms with Gasteiger partial charge in [0.15, 0.2) is 0 Å². The average Bonchev–Trinajstić information content (AvgIpc) is 2.97. The van der Waals surface area contributed by atoms with Crippen LogP contribution in [0.1, 0.15) is 25.3 Å². The van der Waals surface area contributed by atoms with Crippen molar-refractivity contribution in [3.05, 3.63) is 39.7 Å². The van der Waals surface area contributed by atoms with E-state index in [-0.39, 0.29) is 18.5 Å². The highest BCUT2D eigenvalue weighted by Crippen LogP contribution is 2.18. The highest BCUT2D eigenvalue weighted by Gasteiger charge is 2.23. The van der Waals surface area contributed by atoms with Crippen LogP contribution < -0.4 is 5.32 Å². The number of halogens is 1. The van der Waals surface area contributed by atoms with Crippen LogP contribution in [0.15, 0.2) is 18.2 Å². The van der Waals surface area contributed by atoms with E-state index in [9.17, 15) is 19.3 Å². The number of rotatable bonds is 5. The van der Waals surface area contributed by atoms with E-state index < -0.39 is 16.4 Å². The third-order valence-corrected chi connectivity index (χ3v) is 3.61. The van der Waals surface area contributed by atoms with E-state index >= 15 is 0 Å². The second-order valence-electron chi connectivity index (χ2n) is 5.18. The summed E-state index contributed by atoms with van der Waals surface area (Å²) in [6.07, 6.45) is 2.07. The van der Waals surface area contributed by atoms with E-state index in [1.807, 2.05) is 4.90 Å². The molecule has 114 valence electrons. The number of nitrogens with one attached hydrogen (secondary N) is 1. The summed E-state index contributed by atoms with van der Waals surface area (Å²) in [5.41, 5.74) is 0.0270. The van der Waals surface area contributed by atoms with Gasteiger partial charge in [-0.15, -0.1) is 0 Å². The summed E-state index contributed by atoms with van der Waals surface area (Å²) in [5, 5.41) is 13.6. The Bertz CT molecular complexity index is 544. The molecule has 1 aromatic carbocycles. The van der Waals surface area contributed by atoms with Gasteiger partial charge in [-0.25, -0.2) is 0 Å². The van der Waals surface area contributed by atoms with Gasteiger partial charge in [-0.3, -0.25) is 14.9 Å². The monoisotopic (exact) mass is 295 g/mol. The van der Waals surface area contributed by atoms with Crippen molar-refractivity contribution in [2.24, 2.45) is 0 Å². The van der Waals surface area contributed by atoms with Crippen LogP contribution in [-0.4, -0.2) is 34.9 Å². The van der Waals surface area contributed by atoms with E-state index in [0.29, 0.717) is 5.56 Å². The maximum atomic E-state index is 13.5. The van der Waals surface area contributed by atoms with Crippen molar-refractivity contribution >= 4 is 11.6 Å². The number of hydrogen-bond acceptors (Lipinski definition) is 4. The minimum atomic E-state index is -0.863. The number of likely N-dealkylation sites (tertiary alicyclic amines) is 1. The van der Waals surface area contributed by atoms with E-state index in [0.717, 1.165) is 38.1 Å². The number of carbonyl (C=O) groups excluding carboxylic acids is 1. The number of benzene rings is 1. The minimum absolute atomic E-state index is 0.0369. The minimum Gasteiger partial charge on any atom is -0.341 e. The number of hydrogen-bond donors (Lipinski definition) is 1. The summed E-state index contributed by atoms with van der Waals surface area (Å²) in [6, 6.07) is 3.39. The van der Waals surface area contributed by atoms with Gasteiger partial charge in [-0.1, -0.05) is 6.07 Å². The van der Waals surface area contributed by atoms with Gasteiger partial charge in [0.1, 0.15) is 0 Å². The summed E-state index contributed by atoms with van der Waals surface area (Å²) in [5.74, 6) is -0.826. The van der Waals surface area contributed by atoms with Gasteiger partial charge in [0, 0.05) is 25.7 Å². The molecule has 6 nitrogen and oxygen atoms in total. The summed E-state index contributed by atoms with van der Waals surface area (Å²) in [7, 11) is 0. The lowest BCUT2D eigenvalue weighted by Crippen LogP contribution is -2.43. The van der Waals surface area contributed by atoms with E-state index in [1.54, 1.807) is 6.92 Å². The fraction of sp³-hybridized carbons (Fsp3) is 0.500. The molecule has 1 N–H and O–H groups in total. The number of nitro groups is 1. The molecule has 0 spiro atoms. The Balaban J connectivity index is 1.91. The number of nitrogens with zero attached hydrogens (tertiary/aromatic N) is 2. The molecule has 2 rings (SSSR count). The highest BCUT2D eigenvalue weighted by atomic mass is 19.1. The van der Waals surface area contributed by atoms with Crippen molar-refractivity contribution in [2.45, 2.75) is 32.4 Å². The van der Waals surface area contributed by atoms with Crippen LogP contribution in [0, 0.1) is 15.9 Å². The van der Waals surface area contributed by atoms with Crippen LogP contribution in [0.4, 0.5) is 10.1 Å². The molecule has 1 aliphatic rings. The van der Waals surface area contributed by atoms with Gasteiger partial charge < -0.3 is 10.2 Å². The molecule has 1 amide bonds. The lowest BCUT2D eigenvalue weighted by Gasteiger charge is -2.21. The molecule has 1 aliphatic heterocycles. The average molecular weight is 295 g/mol. The molecule has 7 heteroatoms. The van der Waals surface area contributed by atoms with Crippen LogP contribution in [0.3, 0.4) is 0 Å². The van der Waals surface area contributed by atoms with Crippen LogP contribution in [0.2, 0.25) is 0 Å². The highest BCUT2D eigenvalue weighted by molar-refractivity contribution is 5.81. The molecule has 0 aliphatic carbocycles. The lowest BCUT2D eigenvalue weighted by molar-refractivity contribution is -0.387. The first-order valence-electron chi connectivity index (χ1n) is 6.94. The molecule has 0 aromatic heterocycles. The fourth-order valence-electron chi connectivity index (χ4n) is 2.38. The molecule has 1 fully saturated rings. The van der Waals surface area contributed by atoms with Crippen LogP contribution in [0.25, 0.3) is 0 Å². The van der Waals surface area contributed by atoms with Gasteiger partial charge in [0.25, 0.3) is 0 Å². The Morgan fingerprint density at radius 2 is 2.14 bits per heavy atom. The smallest absolute Gasteiger partial charge is 0.304 e. The van der Waals surface area contributed by atoms with Crippen molar-refractivity contribution in [1.82, 2.24) is 10.2 Å². The zero-order chi connectivity index (χ0) is 15.4. The Morgan fingerprint density at radius 1 is 1.48 bits per heavy atom. The van der Waals surface area contributed by atoms with Crippen molar-refractivity contribution in [2.75, 3.05) is 13.1 Å². The molecule has 1 aromatic rings. The molecular weight excluding hydrogens is 277 g/mol. The summed E-state index contributed by atoms with van der Waals surface area (Å²) >= 11 is 0. The number of nitro benzene ring substituents is 1. The third-order valence-electron chi connectivity index (χ3n) is 3.61. The maximum Gasteiger partial charge on any atom is 0.304 e. The normalized spacial score (nSPS) is 16.0. The predicted molar refractivity (Wildman–Crippen MR) is 75.2 cm³/mol. The molecule has 0 bridgehead atoms. The molecule has 1 unspecified atom stereocenters. The Labute approximate surface area is 122 Å². The second kappa shape index (κ2) is 6.62. The van der Waals surface area contributed by atoms with Gasteiger partial charge >= 0.3 is 5.69 Å². The van der Waals surface area contributed by atoms with Gasteiger partial charge in [-0.2, -0.15) is 4.39 Å². The van der Waals surface area contributed by atoms with Crippen LogP contribution in [-0.2, 0) is 11.3 Å². The molecule has 21 heavy (non-hydrogen) atoms. The SMILES string of the molecule is CC(NCc1ccc([N+](=O)[O-])c(F)c1)C(=O)N1CCCC1. The van der Waals surface area contributed by atoms with Crippen molar-refractivity contribution in [3.63, 3.8) is 0 Å². The standard InChI is InChI=1S/C14H18FN3O3/c1-10(14(19)17-6-2-3-7-17)16-9-11-4-5-13(18(20)21)12(15)8-11/h4-5,8,10,16H,2-3,6-7,9H2,1H3. The molecule has 0 radical (unpaired) electrons. The van der Waals surface area contributed by atoms with Gasteiger partial charge in [0.2, 0.25) is 11.7 Å². The van der Waals surface area contributed by atoms with Crippen molar-refractivity contribution in [3.8, 4) is 0 Å². The van der Waals surface area contributed by atoms with Crippen molar-refractivity contribution < 1.29 is 14.1 Å². The van der Waals surface area contributed by atoms with Crippen LogP contribution in [0.5, 0.6) is 0 Å². The zero-order valence-electron chi connectivity index (χ0n) is 11.8. The van der Waals surface area contributed by atoms with E-state index in [4.69, 9.17) is 0 Å². The maximum absolute atomic E-state index is 13.5. The van der Waals surface area contributed by atoms with E-state index in [2.05, 4.69) is 5.32 Å². The number of carbonyl (C=O) groups is 1. The van der Waals surface area contributed by atoms with Gasteiger partial charge in [0.05, 0.1) is 11.0 Å². The first-order chi connectivity index (χ1) is 9.99. The molecule has 0 saturated carbocycles. The first kappa shape index (κ1) is 15.4. The zero-order valence-corrected chi connectivity index (χ0v) is 11.8.